The van der Waals surface area contributed by atoms with Crippen LogP contribution in [0.15, 0.2) is 48.5 Å². The molecule has 2 atom stereocenters. The van der Waals surface area contributed by atoms with Crippen LogP contribution in [0.1, 0.15) is 34.1 Å². The minimum atomic E-state index is -1.19. The molecule has 1 aliphatic heterocycles. The van der Waals surface area contributed by atoms with Crippen molar-refractivity contribution in [2.75, 3.05) is 13.1 Å². The molecule has 6 rings (SSSR count). The first-order valence-corrected chi connectivity index (χ1v) is 9.50. The fraction of sp³-hybridized carbons (Fsp3) is 0.273. The zero-order chi connectivity index (χ0) is 20.3. The molecule has 2 bridgehead atoms. The normalized spacial score (nSPS) is 26.0. The number of nitrogens with one attached hydrogen (secondary N) is 1. The summed E-state index contributed by atoms with van der Waals surface area (Å²) in [5.41, 5.74) is 4.26. The van der Waals surface area contributed by atoms with Gasteiger partial charge in [0, 0.05) is 11.8 Å². The Labute approximate surface area is 166 Å². The summed E-state index contributed by atoms with van der Waals surface area (Å²) in [6.07, 6.45) is 0. The maximum Gasteiger partial charge on any atom is 0.322 e. The summed E-state index contributed by atoms with van der Waals surface area (Å²) in [5.74, 6) is -4.07. The number of amides is 3. The minimum absolute atomic E-state index is 0.221. The molecular weight excluding hydrogens is 372 g/mol. The quantitative estimate of drug-likeness (QED) is 0.761. The first-order chi connectivity index (χ1) is 14.0. The summed E-state index contributed by atoms with van der Waals surface area (Å²) in [6, 6.07) is 15.8. The Morgan fingerprint density at radius 1 is 0.828 bits per heavy atom. The molecular formula is C22H18N2O5. The van der Waals surface area contributed by atoms with Gasteiger partial charge in [-0.25, -0.2) is 0 Å². The molecule has 3 aliphatic carbocycles. The van der Waals surface area contributed by atoms with Gasteiger partial charge in [0.25, 0.3) is 0 Å². The van der Waals surface area contributed by atoms with Crippen LogP contribution >= 0.6 is 0 Å². The third-order valence-electron chi connectivity index (χ3n) is 6.28. The maximum absolute atomic E-state index is 13.2. The number of likely N-dealkylation sites (tertiary alicyclic amines) is 1. The Balaban J connectivity index is 1.54. The molecule has 2 N–H and O–H groups in total. The van der Waals surface area contributed by atoms with Gasteiger partial charge < -0.3 is 10.4 Å². The lowest BCUT2D eigenvalue weighted by Crippen LogP contribution is -2.42. The van der Waals surface area contributed by atoms with Crippen molar-refractivity contribution in [3.8, 4) is 0 Å². The van der Waals surface area contributed by atoms with Crippen LogP contribution < -0.4 is 5.32 Å². The van der Waals surface area contributed by atoms with E-state index in [1.165, 1.54) is 0 Å². The Kier molecular flexibility index (Phi) is 3.81. The van der Waals surface area contributed by atoms with Crippen molar-refractivity contribution in [1.82, 2.24) is 10.2 Å². The number of nitrogens with zero attached hydrogens (tertiary/aromatic N) is 1. The fourth-order valence-corrected chi connectivity index (χ4v) is 5.27. The predicted octanol–water partition coefficient (Wildman–Crippen LogP) is 1.08. The summed E-state index contributed by atoms with van der Waals surface area (Å²) in [5, 5.41) is 10.9. The largest absolute Gasteiger partial charge is 0.480 e. The second-order valence-electron chi connectivity index (χ2n) is 7.70. The zero-order valence-electron chi connectivity index (χ0n) is 15.4. The van der Waals surface area contributed by atoms with E-state index in [4.69, 9.17) is 5.11 Å². The molecule has 2 aromatic rings. The third kappa shape index (κ3) is 2.43. The lowest BCUT2D eigenvalue weighted by atomic mass is 9.55. The summed E-state index contributed by atoms with van der Waals surface area (Å²) in [7, 11) is 0. The number of hydrogen-bond acceptors (Lipinski definition) is 4. The van der Waals surface area contributed by atoms with Gasteiger partial charge in [-0.15, -0.1) is 0 Å². The highest BCUT2D eigenvalue weighted by molar-refractivity contribution is 6.09. The number of imide groups is 1. The Morgan fingerprint density at radius 2 is 1.24 bits per heavy atom. The van der Waals surface area contributed by atoms with Crippen molar-refractivity contribution >= 4 is 23.7 Å². The smallest absolute Gasteiger partial charge is 0.322 e. The van der Waals surface area contributed by atoms with Crippen molar-refractivity contribution in [1.29, 1.82) is 0 Å². The molecule has 3 amide bonds. The summed E-state index contributed by atoms with van der Waals surface area (Å²) >= 11 is 0. The van der Waals surface area contributed by atoms with Crippen LogP contribution in [-0.4, -0.2) is 46.8 Å². The van der Waals surface area contributed by atoms with Crippen molar-refractivity contribution < 1.29 is 24.3 Å². The number of carboxylic acids is 1. The molecule has 29 heavy (non-hydrogen) atoms. The van der Waals surface area contributed by atoms with Gasteiger partial charge in [0.05, 0.1) is 11.8 Å². The van der Waals surface area contributed by atoms with E-state index in [0.717, 1.165) is 27.2 Å². The van der Waals surface area contributed by atoms with Crippen LogP contribution in [-0.2, 0) is 19.2 Å². The van der Waals surface area contributed by atoms with Crippen LogP contribution in [0.5, 0.6) is 0 Å². The molecule has 7 nitrogen and oxygen atoms in total. The van der Waals surface area contributed by atoms with E-state index in [9.17, 15) is 19.2 Å². The average Bonchev–Trinajstić information content (AvgIpc) is 2.98. The minimum Gasteiger partial charge on any atom is -0.480 e. The molecule has 0 aromatic heterocycles. The lowest BCUT2D eigenvalue weighted by molar-refractivity contribution is -0.144. The third-order valence-corrected chi connectivity index (χ3v) is 6.28. The number of aliphatic carboxylic acids is 1. The average molecular weight is 390 g/mol. The highest BCUT2D eigenvalue weighted by Gasteiger charge is 2.61. The number of hydrogen-bond donors (Lipinski definition) is 2. The van der Waals surface area contributed by atoms with Crippen LogP contribution in [0.2, 0.25) is 0 Å². The fourth-order valence-electron chi connectivity index (χ4n) is 5.27. The van der Waals surface area contributed by atoms with Gasteiger partial charge in [-0.3, -0.25) is 24.1 Å². The Morgan fingerprint density at radius 3 is 1.62 bits per heavy atom. The molecule has 7 heteroatoms. The second kappa shape index (κ2) is 6.27. The molecule has 146 valence electrons. The van der Waals surface area contributed by atoms with Crippen LogP contribution in [0.4, 0.5) is 0 Å². The molecule has 0 spiro atoms. The van der Waals surface area contributed by atoms with Gasteiger partial charge >= 0.3 is 5.97 Å². The molecule has 2 unspecified atom stereocenters. The van der Waals surface area contributed by atoms with Gasteiger partial charge in [0.2, 0.25) is 17.7 Å². The molecule has 1 saturated heterocycles. The van der Waals surface area contributed by atoms with Crippen LogP contribution in [0, 0.1) is 11.8 Å². The lowest BCUT2D eigenvalue weighted by Gasteiger charge is -2.45. The van der Waals surface area contributed by atoms with E-state index < -0.39 is 36.8 Å². The van der Waals surface area contributed by atoms with Crippen LogP contribution in [0.3, 0.4) is 0 Å². The zero-order valence-corrected chi connectivity index (χ0v) is 15.4. The number of benzene rings is 2. The number of carboxylic acid groups (broad SMARTS) is 1. The van der Waals surface area contributed by atoms with Crippen molar-refractivity contribution in [3.05, 3.63) is 70.8 Å². The van der Waals surface area contributed by atoms with Crippen molar-refractivity contribution in [2.24, 2.45) is 11.8 Å². The van der Waals surface area contributed by atoms with Crippen LogP contribution in [0.25, 0.3) is 0 Å². The molecule has 0 saturated carbocycles. The monoisotopic (exact) mass is 390 g/mol. The van der Waals surface area contributed by atoms with E-state index in [2.05, 4.69) is 5.32 Å². The van der Waals surface area contributed by atoms with E-state index in [1.54, 1.807) is 0 Å². The van der Waals surface area contributed by atoms with E-state index in [0.29, 0.717) is 0 Å². The second-order valence-corrected chi connectivity index (χ2v) is 7.70. The topological polar surface area (TPSA) is 104 Å². The Hall–Kier alpha value is -3.48. The first-order valence-electron chi connectivity index (χ1n) is 9.50. The van der Waals surface area contributed by atoms with E-state index >= 15 is 0 Å². The van der Waals surface area contributed by atoms with Gasteiger partial charge in [0.1, 0.15) is 13.1 Å². The highest BCUT2D eigenvalue weighted by atomic mass is 16.4. The number of rotatable bonds is 4. The molecule has 2 aromatic carbocycles. The first kappa shape index (κ1) is 17.6. The summed E-state index contributed by atoms with van der Waals surface area (Å²) in [4.78, 5) is 50.2. The van der Waals surface area contributed by atoms with Crippen molar-refractivity contribution in [3.63, 3.8) is 0 Å². The molecule has 0 radical (unpaired) electrons. The standard InChI is InChI=1S/C22H18N2O5/c25-15(23-9-16(26)27)10-24-21(28)19-17-11-5-1-2-6-12(11)18(20(19)22(24)29)14-8-4-3-7-13(14)17/h1-8,17-20H,9-10H2,(H,23,25)(H,26,27). The summed E-state index contributed by atoms with van der Waals surface area (Å²) in [6.45, 7) is -1.01. The van der Waals surface area contributed by atoms with E-state index in [1.807, 2.05) is 48.5 Å². The van der Waals surface area contributed by atoms with Crippen molar-refractivity contribution in [2.45, 2.75) is 11.8 Å². The molecule has 1 fully saturated rings. The molecule has 1 heterocycles. The van der Waals surface area contributed by atoms with Gasteiger partial charge in [-0.05, 0) is 22.3 Å². The van der Waals surface area contributed by atoms with Gasteiger partial charge in [0.15, 0.2) is 0 Å². The Bertz CT molecular complexity index is 963. The SMILES string of the molecule is O=C(O)CNC(=O)CN1C(=O)C2C3c4ccccc4C(c4ccccc43)C2C1=O. The maximum atomic E-state index is 13.2. The van der Waals surface area contributed by atoms with Gasteiger partial charge in [-0.2, -0.15) is 0 Å². The van der Waals surface area contributed by atoms with E-state index in [-0.39, 0.29) is 23.7 Å². The summed E-state index contributed by atoms with van der Waals surface area (Å²) < 4.78 is 0. The number of carbonyl (C=O) groups is 4. The highest BCUT2D eigenvalue weighted by Crippen LogP contribution is 2.60. The number of carbonyl (C=O) groups excluding carboxylic acids is 3. The van der Waals surface area contributed by atoms with Gasteiger partial charge in [-0.1, -0.05) is 48.5 Å². The predicted molar refractivity (Wildman–Crippen MR) is 101 cm³/mol. The molecule has 4 aliphatic rings.